The highest BCUT2D eigenvalue weighted by Gasteiger charge is 2.33. The van der Waals surface area contributed by atoms with Gasteiger partial charge in [0.2, 0.25) is 11.6 Å². The standard InChI is InChI=1S/C30H34O6/c1-16(2)12-22-15-21(30(36-22)26-19(5)28(34)29(35)20(6)27(26)33)9-7-8-17(3)10-11-23-24(31)13-18(4)14-25(23)32/h10,12-15,31-33H,7-9,11H2,1-6H3/b17-10+. The van der Waals surface area contributed by atoms with Gasteiger partial charge in [0.25, 0.3) is 0 Å². The summed E-state index contributed by atoms with van der Waals surface area (Å²) in [6.45, 7) is 10.7. The number of hydrogen-bond donors (Lipinski definition) is 3. The molecule has 0 bridgehead atoms. The molecular weight excluding hydrogens is 456 g/mol. The summed E-state index contributed by atoms with van der Waals surface area (Å²) in [6.07, 6.45) is 6.48. The van der Waals surface area contributed by atoms with Crippen molar-refractivity contribution < 1.29 is 29.3 Å². The molecule has 0 saturated heterocycles. The Morgan fingerprint density at radius 1 is 0.917 bits per heavy atom. The van der Waals surface area contributed by atoms with Crippen LogP contribution in [0.3, 0.4) is 0 Å². The molecule has 1 aromatic heterocycles. The van der Waals surface area contributed by atoms with E-state index in [9.17, 15) is 24.9 Å². The number of hydrogen-bond acceptors (Lipinski definition) is 6. The van der Waals surface area contributed by atoms with Crippen molar-refractivity contribution in [1.29, 1.82) is 0 Å². The minimum Gasteiger partial charge on any atom is -0.508 e. The smallest absolute Gasteiger partial charge is 0.232 e. The van der Waals surface area contributed by atoms with Crippen molar-refractivity contribution in [2.75, 3.05) is 0 Å². The van der Waals surface area contributed by atoms with Crippen LogP contribution < -0.4 is 0 Å². The number of carbonyl (C=O) groups excluding carboxylic acids is 2. The van der Waals surface area contributed by atoms with E-state index in [1.54, 1.807) is 12.1 Å². The van der Waals surface area contributed by atoms with E-state index in [0.29, 0.717) is 29.9 Å². The number of benzene rings is 1. The molecule has 1 heterocycles. The van der Waals surface area contributed by atoms with Crippen LogP contribution in [0, 0.1) is 6.92 Å². The number of aliphatic hydroxyl groups excluding tert-OH is 1. The van der Waals surface area contributed by atoms with Crippen molar-refractivity contribution >= 4 is 23.2 Å². The first kappa shape index (κ1) is 26.8. The first-order valence-corrected chi connectivity index (χ1v) is 12.1. The second-order valence-corrected chi connectivity index (χ2v) is 9.75. The summed E-state index contributed by atoms with van der Waals surface area (Å²) in [7, 11) is 0. The Balaban J connectivity index is 1.83. The van der Waals surface area contributed by atoms with Gasteiger partial charge in [-0.05, 0) is 103 Å². The van der Waals surface area contributed by atoms with E-state index in [1.807, 2.05) is 45.9 Å². The van der Waals surface area contributed by atoms with Gasteiger partial charge < -0.3 is 19.7 Å². The lowest BCUT2D eigenvalue weighted by Gasteiger charge is -2.17. The number of furan rings is 1. The predicted molar refractivity (Wildman–Crippen MR) is 141 cm³/mol. The van der Waals surface area contributed by atoms with Crippen LogP contribution in [0.1, 0.15) is 75.7 Å². The van der Waals surface area contributed by atoms with Gasteiger partial charge in [0, 0.05) is 16.7 Å². The first-order chi connectivity index (χ1) is 16.9. The number of allylic oxidation sites excluding steroid dienone is 6. The molecule has 0 saturated carbocycles. The molecule has 0 radical (unpaired) electrons. The quantitative estimate of drug-likeness (QED) is 0.216. The molecule has 0 unspecified atom stereocenters. The average Bonchev–Trinajstić information content (AvgIpc) is 3.17. The van der Waals surface area contributed by atoms with E-state index in [0.717, 1.165) is 35.1 Å². The van der Waals surface area contributed by atoms with Gasteiger partial charge >= 0.3 is 0 Å². The normalized spacial score (nSPS) is 14.7. The van der Waals surface area contributed by atoms with Crippen LogP contribution in [0.2, 0.25) is 0 Å². The Bertz CT molecular complexity index is 1320. The molecular formula is C30H34O6. The molecule has 0 fully saturated rings. The topological polar surface area (TPSA) is 108 Å². The Labute approximate surface area is 212 Å². The number of ketones is 2. The lowest BCUT2D eigenvalue weighted by molar-refractivity contribution is -0.132. The molecule has 0 amide bonds. The average molecular weight is 491 g/mol. The fourth-order valence-corrected chi connectivity index (χ4v) is 4.33. The number of phenols is 2. The van der Waals surface area contributed by atoms with Crippen LogP contribution in [0.4, 0.5) is 0 Å². The summed E-state index contributed by atoms with van der Waals surface area (Å²) in [5.41, 5.74) is 4.77. The van der Waals surface area contributed by atoms with E-state index < -0.39 is 11.6 Å². The second-order valence-electron chi connectivity index (χ2n) is 9.75. The second kappa shape index (κ2) is 10.9. The summed E-state index contributed by atoms with van der Waals surface area (Å²) in [4.78, 5) is 24.6. The van der Waals surface area contributed by atoms with Gasteiger partial charge in [-0.25, -0.2) is 0 Å². The van der Waals surface area contributed by atoms with E-state index in [1.165, 1.54) is 13.8 Å². The lowest BCUT2D eigenvalue weighted by Crippen LogP contribution is -2.23. The number of aliphatic hydroxyl groups is 1. The number of aromatic hydroxyl groups is 2. The maximum Gasteiger partial charge on any atom is 0.232 e. The zero-order valence-electron chi connectivity index (χ0n) is 21.8. The largest absolute Gasteiger partial charge is 0.508 e. The fraction of sp³-hybridized carbons (Fsp3) is 0.333. The molecule has 0 atom stereocenters. The Morgan fingerprint density at radius 2 is 1.53 bits per heavy atom. The molecule has 0 spiro atoms. The van der Waals surface area contributed by atoms with Crippen molar-refractivity contribution in [3.05, 3.63) is 80.5 Å². The van der Waals surface area contributed by atoms with Gasteiger partial charge in [0.1, 0.15) is 28.8 Å². The maximum absolute atomic E-state index is 12.5. The van der Waals surface area contributed by atoms with Crippen molar-refractivity contribution in [2.45, 2.75) is 67.2 Å². The monoisotopic (exact) mass is 490 g/mol. The number of rotatable bonds is 8. The number of aryl methyl sites for hydroxylation is 2. The zero-order chi connectivity index (χ0) is 26.7. The molecule has 1 aliphatic rings. The minimum atomic E-state index is -0.696. The summed E-state index contributed by atoms with van der Waals surface area (Å²) in [6, 6.07) is 5.18. The van der Waals surface area contributed by atoms with E-state index in [2.05, 4.69) is 0 Å². The van der Waals surface area contributed by atoms with E-state index >= 15 is 0 Å². The van der Waals surface area contributed by atoms with E-state index in [4.69, 9.17) is 4.42 Å². The van der Waals surface area contributed by atoms with Gasteiger partial charge in [0.05, 0.1) is 5.57 Å². The van der Waals surface area contributed by atoms with Crippen LogP contribution in [0.5, 0.6) is 11.5 Å². The third kappa shape index (κ3) is 5.70. The maximum atomic E-state index is 12.5. The first-order valence-electron chi connectivity index (χ1n) is 12.1. The molecule has 1 aromatic carbocycles. The molecule has 2 aromatic rings. The van der Waals surface area contributed by atoms with Crippen molar-refractivity contribution in [2.24, 2.45) is 0 Å². The zero-order valence-corrected chi connectivity index (χ0v) is 21.8. The molecule has 3 rings (SSSR count). The molecule has 1 aliphatic carbocycles. The molecule has 190 valence electrons. The fourth-order valence-electron chi connectivity index (χ4n) is 4.33. The lowest BCUT2D eigenvalue weighted by atomic mass is 9.87. The highest BCUT2D eigenvalue weighted by molar-refractivity contribution is 6.51. The third-order valence-corrected chi connectivity index (χ3v) is 6.36. The molecule has 3 N–H and O–H groups in total. The Kier molecular flexibility index (Phi) is 8.08. The van der Waals surface area contributed by atoms with Gasteiger partial charge in [-0.1, -0.05) is 17.2 Å². The number of phenolic OH excluding ortho intramolecular Hbond substituents is 2. The summed E-state index contributed by atoms with van der Waals surface area (Å²) in [5.74, 6) is -0.352. The molecule has 6 heteroatoms. The van der Waals surface area contributed by atoms with Gasteiger partial charge in [-0.15, -0.1) is 0 Å². The molecule has 36 heavy (non-hydrogen) atoms. The highest BCUT2D eigenvalue weighted by Crippen LogP contribution is 2.37. The summed E-state index contributed by atoms with van der Waals surface area (Å²) in [5, 5.41) is 31.0. The minimum absolute atomic E-state index is 0.0214. The third-order valence-electron chi connectivity index (χ3n) is 6.36. The number of Topliss-reactive ketones (excluding diaryl/α,β-unsaturated/α-hetero) is 2. The summed E-state index contributed by atoms with van der Waals surface area (Å²) >= 11 is 0. The molecule has 6 nitrogen and oxygen atoms in total. The van der Waals surface area contributed by atoms with E-state index in [-0.39, 0.29) is 34.0 Å². The predicted octanol–water partition coefficient (Wildman–Crippen LogP) is 6.69. The van der Waals surface area contributed by atoms with Crippen LogP contribution in [0.25, 0.3) is 11.6 Å². The van der Waals surface area contributed by atoms with Crippen molar-refractivity contribution in [1.82, 2.24) is 0 Å². The molecule has 0 aliphatic heterocycles. The van der Waals surface area contributed by atoms with Crippen LogP contribution in [0.15, 0.2) is 56.7 Å². The van der Waals surface area contributed by atoms with Gasteiger partial charge in [-0.3, -0.25) is 9.59 Å². The van der Waals surface area contributed by atoms with Crippen LogP contribution in [-0.2, 0) is 22.4 Å². The van der Waals surface area contributed by atoms with Gasteiger partial charge in [0.15, 0.2) is 0 Å². The highest BCUT2D eigenvalue weighted by atomic mass is 16.3. The Morgan fingerprint density at radius 3 is 2.14 bits per heavy atom. The summed E-state index contributed by atoms with van der Waals surface area (Å²) < 4.78 is 6.07. The van der Waals surface area contributed by atoms with Crippen LogP contribution >= 0.6 is 0 Å². The number of carbonyl (C=O) groups is 2. The van der Waals surface area contributed by atoms with Crippen molar-refractivity contribution in [3.8, 4) is 11.5 Å². The SMILES string of the molecule is CC(C)=Cc1cc(CCC/C(C)=C/Cc2c(O)cc(C)cc2O)c(C2=C(C)C(=O)C(=O)C(C)=C2O)o1. The van der Waals surface area contributed by atoms with Crippen LogP contribution in [-0.4, -0.2) is 26.9 Å². The Hall–Kier alpha value is -3.80. The van der Waals surface area contributed by atoms with Crippen molar-refractivity contribution in [3.63, 3.8) is 0 Å². The van der Waals surface area contributed by atoms with Gasteiger partial charge in [-0.2, -0.15) is 0 Å².